The van der Waals surface area contributed by atoms with Gasteiger partial charge in [-0.1, -0.05) is 50.6 Å². The fourth-order valence-electron chi connectivity index (χ4n) is 1.97. The number of nitrogens with zero attached hydrogens (tertiary/aromatic N) is 1. The standard InChI is InChI=1S/C16H25NO/c1-4-6-12-17(14(3)5-2)13-16(18)15-10-8-7-9-11-15/h7-11,14H,4-6,12-13H2,1-3H3. The number of ketones is 1. The van der Waals surface area contributed by atoms with Crippen LogP contribution in [0.3, 0.4) is 0 Å². The Bertz CT molecular complexity index is 347. The second-order valence-electron chi connectivity index (χ2n) is 4.87. The van der Waals surface area contributed by atoms with Gasteiger partial charge < -0.3 is 0 Å². The summed E-state index contributed by atoms with van der Waals surface area (Å²) in [6.07, 6.45) is 3.42. The lowest BCUT2D eigenvalue weighted by molar-refractivity contribution is 0.0894. The minimum atomic E-state index is 0.229. The van der Waals surface area contributed by atoms with E-state index < -0.39 is 0 Å². The van der Waals surface area contributed by atoms with Gasteiger partial charge >= 0.3 is 0 Å². The maximum absolute atomic E-state index is 12.2. The molecule has 0 aromatic heterocycles. The molecular weight excluding hydrogens is 222 g/mol. The number of carbonyl (C=O) groups excluding carboxylic acids is 1. The number of rotatable bonds is 8. The van der Waals surface area contributed by atoms with Gasteiger partial charge in [0.1, 0.15) is 0 Å². The first-order valence-corrected chi connectivity index (χ1v) is 7.01. The molecule has 1 atom stereocenters. The van der Waals surface area contributed by atoms with Crippen LogP contribution in [-0.2, 0) is 0 Å². The van der Waals surface area contributed by atoms with Crippen LogP contribution >= 0.6 is 0 Å². The molecule has 0 aliphatic rings. The Morgan fingerprint density at radius 2 is 1.89 bits per heavy atom. The van der Waals surface area contributed by atoms with Crippen LogP contribution in [0.15, 0.2) is 30.3 Å². The highest BCUT2D eigenvalue weighted by molar-refractivity contribution is 5.97. The maximum atomic E-state index is 12.2. The number of unbranched alkanes of at least 4 members (excludes halogenated alkanes) is 1. The van der Waals surface area contributed by atoms with E-state index in [1.807, 2.05) is 30.3 Å². The van der Waals surface area contributed by atoms with Crippen LogP contribution in [0.4, 0.5) is 0 Å². The van der Waals surface area contributed by atoms with Gasteiger partial charge in [-0.25, -0.2) is 0 Å². The summed E-state index contributed by atoms with van der Waals surface area (Å²) in [5.41, 5.74) is 0.822. The normalized spacial score (nSPS) is 12.7. The van der Waals surface area contributed by atoms with Crippen molar-refractivity contribution in [2.75, 3.05) is 13.1 Å². The number of hydrogen-bond acceptors (Lipinski definition) is 2. The summed E-state index contributed by atoms with van der Waals surface area (Å²) in [6, 6.07) is 10.1. The first kappa shape index (κ1) is 14.9. The third kappa shape index (κ3) is 4.61. The largest absolute Gasteiger partial charge is 0.293 e. The lowest BCUT2D eigenvalue weighted by atomic mass is 10.1. The van der Waals surface area contributed by atoms with Crippen molar-refractivity contribution in [3.8, 4) is 0 Å². The third-order valence-electron chi connectivity index (χ3n) is 3.46. The maximum Gasteiger partial charge on any atom is 0.176 e. The highest BCUT2D eigenvalue weighted by atomic mass is 16.1. The van der Waals surface area contributed by atoms with Crippen LogP contribution in [0.5, 0.6) is 0 Å². The number of benzene rings is 1. The molecule has 18 heavy (non-hydrogen) atoms. The van der Waals surface area contributed by atoms with E-state index >= 15 is 0 Å². The summed E-state index contributed by atoms with van der Waals surface area (Å²) in [4.78, 5) is 14.5. The molecule has 0 saturated heterocycles. The molecule has 1 aromatic rings. The third-order valence-corrected chi connectivity index (χ3v) is 3.46. The number of carbonyl (C=O) groups is 1. The van der Waals surface area contributed by atoms with Crippen molar-refractivity contribution in [3.63, 3.8) is 0 Å². The molecule has 100 valence electrons. The van der Waals surface area contributed by atoms with Crippen molar-refractivity contribution in [2.45, 2.75) is 46.1 Å². The molecule has 1 aromatic carbocycles. The van der Waals surface area contributed by atoms with Gasteiger partial charge in [-0.15, -0.1) is 0 Å². The Balaban J connectivity index is 2.62. The fraction of sp³-hybridized carbons (Fsp3) is 0.562. The van der Waals surface area contributed by atoms with Gasteiger partial charge in [-0.2, -0.15) is 0 Å². The van der Waals surface area contributed by atoms with Crippen LogP contribution in [0.2, 0.25) is 0 Å². The first-order valence-electron chi connectivity index (χ1n) is 7.01. The van der Waals surface area contributed by atoms with Crippen LogP contribution in [0.1, 0.15) is 50.4 Å². The van der Waals surface area contributed by atoms with Crippen molar-refractivity contribution >= 4 is 5.78 Å². The predicted molar refractivity (Wildman–Crippen MR) is 77.0 cm³/mol. The molecule has 0 bridgehead atoms. The molecule has 0 amide bonds. The van der Waals surface area contributed by atoms with Gasteiger partial charge in [0.2, 0.25) is 0 Å². The summed E-state index contributed by atoms with van der Waals surface area (Å²) in [5, 5.41) is 0. The SMILES string of the molecule is CCCCN(CC(=O)c1ccccc1)C(C)CC. The molecule has 0 N–H and O–H groups in total. The smallest absolute Gasteiger partial charge is 0.176 e. The Morgan fingerprint density at radius 3 is 2.44 bits per heavy atom. The molecule has 0 aliphatic carbocycles. The zero-order valence-electron chi connectivity index (χ0n) is 11.9. The van der Waals surface area contributed by atoms with Gasteiger partial charge in [-0.05, 0) is 26.3 Å². The lowest BCUT2D eigenvalue weighted by Crippen LogP contribution is -2.37. The van der Waals surface area contributed by atoms with Gasteiger partial charge in [0.05, 0.1) is 6.54 Å². The first-order chi connectivity index (χ1) is 8.69. The molecule has 0 heterocycles. The number of hydrogen-bond donors (Lipinski definition) is 0. The van der Waals surface area contributed by atoms with Crippen LogP contribution < -0.4 is 0 Å². The van der Waals surface area contributed by atoms with E-state index in [2.05, 4.69) is 25.7 Å². The molecule has 0 spiro atoms. The highest BCUT2D eigenvalue weighted by Crippen LogP contribution is 2.08. The topological polar surface area (TPSA) is 20.3 Å². The average Bonchev–Trinajstić information content (AvgIpc) is 2.43. The molecule has 0 radical (unpaired) electrons. The predicted octanol–water partition coefficient (Wildman–Crippen LogP) is 3.77. The molecule has 0 saturated carbocycles. The lowest BCUT2D eigenvalue weighted by Gasteiger charge is -2.27. The zero-order valence-corrected chi connectivity index (χ0v) is 11.9. The molecule has 1 unspecified atom stereocenters. The molecule has 0 fully saturated rings. The second kappa shape index (κ2) is 8.04. The Kier molecular flexibility index (Phi) is 6.66. The number of Topliss-reactive ketones (excluding diaryl/α,β-unsaturated/α-hetero) is 1. The summed E-state index contributed by atoms with van der Waals surface area (Å²) in [7, 11) is 0. The fourth-order valence-corrected chi connectivity index (χ4v) is 1.97. The van der Waals surface area contributed by atoms with Crippen molar-refractivity contribution in [3.05, 3.63) is 35.9 Å². The second-order valence-corrected chi connectivity index (χ2v) is 4.87. The van der Waals surface area contributed by atoms with Gasteiger partial charge in [-0.3, -0.25) is 9.69 Å². The van der Waals surface area contributed by atoms with Crippen molar-refractivity contribution in [1.29, 1.82) is 0 Å². The van der Waals surface area contributed by atoms with E-state index in [4.69, 9.17) is 0 Å². The van der Waals surface area contributed by atoms with Crippen LogP contribution in [-0.4, -0.2) is 29.8 Å². The Morgan fingerprint density at radius 1 is 1.22 bits per heavy atom. The molecule has 0 aliphatic heterocycles. The summed E-state index contributed by atoms with van der Waals surface area (Å²) in [6.45, 7) is 8.13. The van der Waals surface area contributed by atoms with Crippen molar-refractivity contribution in [1.82, 2.24) is 4.90 Å². The van der Waals surface area contributed by atoms with E-state index in [1.54, 1.807) is 0 Å². The molecule has 2 heteroatoms. The summed E-state index contributed by atoms with van der Waals surface area (Å²) in [5.74, 6) is 0.229. The highest BCUT2D eigenvalue weighted by Gasteiger charge is 2.16. The molecule has 2 nitrogen and oxygen atoms in total. The Labute approximate surface area is 111 Å². The van der Waals surface area contributed by atoms with Crippen molar-refractivity contribution in [2.24, 2.45) is 0 Å². The summed E-state index contributed by atoms with van der Waals surface area (Å²) >= 11 is 0. The van der Waals surface area contributed by atoms with E-state index in [9.17, 15) is 4.79 Å². The minimum Gasteiger partial charge on any atom is -0.293 e. The zero-order chi connectivity index (χ0) is 13.4. The van der Waals surface area contributed by atoms with Crippen molar-refractivity contribution < 1.29 is 4.79 Å². The molecular formula is C16H25NO. The van der Waals surface area contributed by atoms with E-state index in [0.29, 0.717) is 12.6 Å². The van der Waals surface area contributed by atoms with Gasteiger partial charge in [0.15, 0.2) is 5.78 Å². The van der Waals surface area contributed by atoms with E-state index in [0.717, 1.165) is 24.9 Å². The average molecular weight is 247 g/mol. The van der Waals surface area contributed by atoms with Crippen LogP contribution in [0.25, 0.3) is 0 Å². The monoisotopic (exact) mass is 247 g/mol. The van der Waals surface area contributed by atoms with E-state index in [-0.39, 0.29) is 5.78 Å². The minimum absolute atomic E-state index is 0.229. The summed E-state index contributed by atoms with van der Waals surface area (Å²) < 4.78 is 0. The molecule has 1 rings (SSSR count). The van der Waals surface area contributed by atoms with E-state index in [1.165, 1.54) is 6.42 Å². The van der Waals surface area contributed by atoms with Crippen LogP contribution in [0, 0.1) is 0 Å². The quantitative estimate of drug-likeness (QED) is 0.652. The van der Waals surface area contributed by atoms with Gasteiger partial charge in [0.25, 0.3) is 0 Å². The van der Waals surface area contributed by atoms with Gasteiger partial charge in [0, 0.05) is 11.6 Å². The Hall–Kier alpha value is -1.15.